The molecule has 0 atom stereocenters. The lowest BCUT2D eigenvalue weighted by molar-refractivity contribution is 0.198. The molecule has 0 radical (unpaired) electrons. The Labute approximate surface area is 136 Å². The molecular formula is C14H17BrFN5O. The highest BCUT2D eigenvalue weighted by atomic mass is 79.9. The molecule has 6 nitrogen and oxygen atoms in total. The number of methoxy groups -OCH3 is 1. The average Bonchev–Trinajstić information content (AvgIpc) is 2.49. The molecule has 2 aromatic rings. The van der Waals surface area contributed by atoms with Gasteiger partial charge in [0.2, 0.25) is 0 Å². The summed E-state index contributed by atoms with van der Waals surface area (Å²) in [5.41, 5.74) is 6.64. The summed E-state index contributed by atoms with van der Waals surface area (Å²) in [6.45, 7) is 1.31. The second kappa shape index (κ2) is 7.90. The van der Waals surface area contributed by atoms with E-state index in [9.17, 15) is 4.39 Å². The van der Waals surface area contributed by atoms with E-state index in [0.717, 1.165) is 6.42 Å². The monoisotopic (exact) mass is 369 g/mol. The Bertz CT molecular complexity index is 641. The molecule has 0 saturated carbocycles. The Balaban J connectivity index is 2.11. The molecule has 0 saturated heterocycles. The van der Waals surface area contributed by atoms with Crippen molar-refractivity contribution in [1.82, 2.24) is 9.97 Å². The SMILES string of the molecule is COCCCNc1ncnc(Nc2ccc(Br)cc2F)c1N. The van der Waals surface area contributed by atoms with Gasteiger partial charge in [-0.15, -0.1) is 0 Å². The van der Waals surface area contributed by atoms with Crippen LogP contribution in [0.15, 0.2) is 29.0 Å². The summed E-state index contributed by atoms with van der Waals surface area (Å²) in [5, 5.41) is 5.97. The first-order valence-corrected chi connectivity index (χ1v) is 7.46. The normalized spacial score (nSPS) is 10.5. The van der Waals surface area contributed by atoms with E-state index in [1.54, 1.807) is 19.2 Å². The molecule has 0 aliphatic heterocycles. The third-order valence-electron chi connectivity index (χ3n) is 2.89. The van der Waals surface area contributed by atoms with E-state index in [-0.39, 0.29) is 0 Å². The van der Waals surface area contributed by atoms with Crippen LogP contribution in [0.2, 0.25) is 0 Å². The number of nitrogens with one attached hydrogen (secondary N) is 2. The molecular weight excluding hydrogens is 353 g/mol. The van der Waals surface area contributed by atoms with Crippen LogP contribution in [0, 0.1) is 5.82 Å². The second-order valence-electron chi connectivity index (χ2n) is 4.51. The van der Waals surface area contributed by atoms with Crippen molar-refractivity contribution in [3.63, 3.8) is 0 Å². The second-order valence-corrected chi connectivity index (χ2v) is 5.42. The first kappa shape index (κ1) is 16.4. The lowest BCUT2D eigenvalue weighted by Gasteiger charge is -2.13. The smallest absolute Gasteiger partial charge is 0.159 e. The average molecular weight is 370 g/mol. The van der Waals surface area contributed by atoms with Gasteiger partial charge in [-0.25, -0.2) is 14.4 Å². The van der Waals surface area contributed by atoms with Crippen LogP contribution in [0.4, 0.5) is 27.4 Å². The van der Waals surface area contributed by atoms with Crippen molar-refractivity contribution in [3.05, 3.63) is 34.8 Å². The van der Waals surface area contributed by atoms with Gasteiger partial charge in [-0.05, 0) is 24.6 Å². The predicted octanol–water partition coefficient (Wildman–Crippen LogP) is 3.15. The Morgan fingerprint density at radius 2 is 2.09 bits per heavy atom. The number of nitrogen functional groups attached to an aromatic ring is 1. The highest BCUT2D eigenvalue weighted by Gasteiger charge is 2.10. The van der Waals surface area contributed by atoms with Gasteiger partial charge in [-0.1, -0.05) is 15.9 Å². The molecule has 0 aliphatic carbocycles. The standard InChI is InChI=1S/C14H17BrFN5O/c1-22-6-2-5-18-13-12(17)14(20-8-19-13)21-11-4-3-9(15)7-10(11)16/h3-4,7-8H,2,5-6,17H2,1H3,(H2,18,19,20,21). The molecule has 0 bridgehead atoms. The van der Waals surface area contributed by atoms with Crippen LogP contribution in [0.1, 0.15) is 6.42 Å². The third-order valence-corrected chi connectivity index (χ3v) is 3.38. The molecule has 0 unspecified atom stereocenters. The summed E-state index contributed by atoms with van der Waals surface area (Å²) in [4.78, 5) is 8.14. The topological polar surface area (TPSA) is 85.1 Å². The quantitative estimate of drug-likeness (QED) is 0.650. The molecule has 4 N–H and O–H groups in total. The summed E-state index contributed by atoms with van der Waals surface area (Å²) in [6, 6.07) is 4.70. The van der Waals surface area contributed by atoms with Gasteiger partial charge in [0.15, 0.2) is 11.6 Å². The third kappa shape index (κ3) is 4.28. The first-order chi connectivity index (χ1) is 10.6. The maximum atomic E-state index is 13.8. The largest absolute Gasteiger partial charge is 0.393 e. The lowest BCUT2D eigenvalue weighted by atomic mass is 10.3. The van der Waals surface area contributed by atoms with Crippen molar-refractivity contribution < 1.29 is 9.13 Å². The van der Waals surface area contributed by atoms with Gasteiger partial charge in [0.25, 0.3) is 0 Å². The van der Waals surface area contributed by atoms with Crippen LogP contribution in [0.25, 0.3) is 0 Å². The molecule has 0 amide bonds. The predicted molar refractivity (Wildman–Crippen MR) is 88.8 cm³/mol. The molecule has 0 spiro atoms. The van der Waals surface area contributed by atoms with E-state index in [2.05, 4.69) is 36.5 Å². The molecule has 0 aliphatic rings. The number of rotatable bonds is 7. The number of aromatic nitrogens is 2. The summed E-state index contributed by atoms with van der Waals surface area (Å²) in [7, 11) is 1.65. The van der Waals surface area contributed by atoms with Gasteiger partial charge in [0.05, 0.1) is 5.69 Å². The van der Waals surface area contributed by atoms with Gasteiger partial charge in [0.1, 0.15) is 17.8 Å². The molecule has 118 valence electrons. The molecule has 8 heteroatoms. The maximum absolute atomic E-state index is 13.8. The van der Waals surface area contributed by atoms with Gasteiger partial charge >= 0.3 is 0 Å². The van der Waals surface area contributed by atoms with Crippen LogP contribution in [0.5, 0.6) is 0 Å². The van der Waals surface area contributed by atoms with Gasteiger partial charge in [-0.3, -0.25) is 0 Å². The molecule has 1 aromatic carbocycles. The van der Waals surface area contributed by atoms with Crippen molar-refractivity contribution in [2.75, 3.05) is 36.6 Å². The van der Waals surface area contributed by atoms with Gasteiger partial charge in [0, 0.05) is 24.7 Å². The first-order valence-electron chi connectivity index (χ1n) is 6.67. The number of nitrogens with two attached hydrogens (primary N) is 1. The van der Waals surface area contributed by atoms with Crippen molar-refractivity contribution in [1.29, 1.82) is 0 Å². The van der Waals surface area contributed by atoms with Gasteiger partial charge in [-0.2, -0.15) is 0 Å². The number of nitrogens with zero attached hydrogens (tertiary/aromatic N) is 2. The van der Waals surface area contributed by atoms with E-state index in [4.69, 9.17) is 10.5 Å². The Kier molecular flexibility index (Phi) is 5.91. The summed E-state index contributed by atoms with van der Waals surface area (Å²) in [6.07, 6.45) is 2.19. The zero-order chi connectivity index (χ0) is 15.9. The zero-order valence-electron chi connectivity index (χ0n) is 12.1. The van der Waals surface area contributed by atoms with Crippen molar-refractivity contribution in [3.8, 4) is 0 Å². The fourth-order valence-corrected chi connectivity index (χ4v) is 2.11. The van der Waals surface area contributed by atoms with Crippen LogP contribution in [0.3, 0.4) is 0 Å². The van der Waals surface area contributed by atoms with Crippen LogP contribution in [-0.4, -0.2) is 30.2 Å². The van der Waals surface area contributed by atoms with Gasteiger partial charge < -0.3 is 21.1 Å². The summed E-state index contributed by atoms with van der Waals surface area (Å²) < 4.78 is 19.5. The maximum Gasteiger partial charge on any atom is 0.159 e. The Morgan fingerprint density at radius 3 is 2.82 bits per heavy atom. The number of hydrogen-bond donors (Lipinski definition) is 3. The van der Waals surface area contributed by atoms with E-state index in [0.29, 0.717) is 40.6 Å². The molecule has 1 heterocycles. The van der Waals surface area contributed by atoms with E-state index < -0.39 is 5.82 Å². The fourth-order valence-electron chi connectivity index (χ4n) is 1.78. The summed E-state index contributed by atoms with van der Waals surface area (Å²) in [5.74, 6) is 0.457. The molecule has 1 aromatic heterocycles. The number of benzene rings is 1. The van der Waals surface area contributed by atoms with E-state index in [1.807, 2.05) is 0 Å². The van der Waals surface area contributed by atoms with Crippen molar-refractivity contribution >= 4 is 38.9 Å². The van der Waals surface area contributed by atoms with E-state index >= 15 is 0 Å². The molecule has 0 fully saturated rings. The number of halogens is 2. The number of hydrogen-bond acceptors (Lipinski definition) is 6. The summed E-state index contributed by atoms with van der Waals surface area (Å²) >= 11 is 3.21. The zero-order valence-corrected chi connectivity index (χ0v) is 13.7. The number of anilines is 4. The lowest BCUT2D eigenvalue weighted by Crippen LogP contribution is -2.10. The van der Waals surface area contributed by atoms with Crippen molar-refractivity contribution in [2.45, 2.75) is 6.42 Å². The van der Waals surface area contributed by atoms with Crippen molar-refractivity contribution in [2.24, 2.45) is 0 Å². The Morgan fingerprint density at radius 1 is 1.32 bits per heavy atom. The Hall–Kier alpha value is -1.93. The fraction of sp³-hybridized carbons (Fsp3) is 0.286. The van der Waals surface area contributed by atoms with Crippen LogP contribution in [-0.2, 0) is 4.74 Å². The minimum Gasteiger partial charge on any atom is -0.393 e. The minimum absolute atomic E-state index is 0.291. The molecule has 22 heavy (non-hydrogen) atoms. The van der Waals surface area contributed by atoms with Crippen LogP contribution < -0.4 is 16.4 Å². The highest BCUT2D eigenvalue weighted by molar-refractivity contribution is 9.10. The molecule has 2 rings (SSSR count). The highest BCUT2D eigenvalue weighted by Crippen LogP contribution is 2.28. The minimum atomic E-state index is -0.401. The van der Waals surface area contributed by atoms with Crippen LogP contribution >= 0.6 is 15.9 Å². The number of ether oxygens (including phenoxy) is 1. The van der Waals surface area contributed by atoms with E-state index in [1.165, 1.54) is 12.4 Å².